The summed E-state index contributed by atoms with van der Waals surface area (Å²) < 4.78 is 61.0. The first kappa shape index (κ1) is 26.8. The highest BCUT2D eigenvalue weighted by atomic mass is 32.2. The van der Waals surface area contributed by atoms with Crippen molar-refractivity contribution < 1.29 is 26.9 Å². The molecule has 1 aliphatic heterocycles. The average Bonchev–Trinajstić information content (AvgIpc) is 3.34. The topological polar surface area (TPSA) is 71.5 Å². The van der Waals surface area contributed by atoms with Crippen molar-refractivity contribution in [1.29, 1.82) is 0 Å². The van der Waals surface area contributed by atoms with Crippen LogP contribution in [-0.2, 0) is 20.5 Å². The molecule has 11 heteroatoms. The predicted molar refractivity (Wildman–Crippen MR) is 128 cm³/mol. The summed E-state index contributed by atoms with van der Waals surface area (Å²) in [5.41, 5.74) is 0.0896. The molecule has 1 fully saturated rings. The van der Waals surface area contributed by atoms with Crippen LogP contribution >= 0.6 is 11.3 Å². The molecule has 1 N–H and O–H groups in total. The first-order valence-corrected chi connectivity index (χ1v) is 12.8. The molecule has 1 aromatic carbocycles. The van der Waals surface area contributed by atoms with Gasteiger partial charge in [0.15, 0.2) is 0 Å². The number of amides is 1. The van der Waals surface area contributed by atoms with Gasteiger partial charge in [-0.1, -0.05) is 24.3 Å². The van der Waals surface area contributed by atoms with E-state index in [1.807, 2.05) is 39.8 Å². The molecule has 3 rings (SSSR count). The highest BCUT2D eigenvalue weighted by molar-refractivity contribution is 7.84. The van der Waals surface area contributed by atoms with Crippen molar-refractivity contribution in [2.75, 3.05) is 6.67 Å². The van der Waals surface area contributed by atoms with E-state index < -0.39 is 52.6 Å². The van der Waals surface area contributed by atoms with Gasteiger partial charge < -0.3 is 9.64 Å². The van der Waals surface area contributed by atoms with Crippen molar-refractivity contribution in [3.63, 3.8) is 0 Å². The van der Waals surface area contributed by atoms with Gasteiger partial charge >= 0.3 is 6.43 Å². The number of alkyl halides is 3. The van der Waals surface area contributed by atoms with Crippen molar-refractivity contribution in [3.8, 4) is 10.4 Å². The SMILES string of the molecule is CC(NS(=O)C(C)(C)C)c1ncc(-c2ccc(C3OC(C)(C)N(C(=O)C(F)F)C3CF)cc2)s1. The number of aromatic nitrogens is 1. The lowest BCUT2D eigenvalue weighted by molar-refractivity contribution is -0.159. The molecule has 1 aromatic heterocycles. The predicted octanol–water partition coefficient (Wildman–Crippen LogP) is 5.16. The van der Waals surface area contributed by atoms with Gasteiger partial charge in [-0.3, -0.25) is 4.79 Å². The van der Waals surface area contributed by atoms with Crippen molar-refractivity contribution in [1.82, 2.24) is 14.6 Å². The summed E-state index contributed by atoms with van der Waals surface area (Å²) in [4.78, 5) is 18.2. The maximum atomic E-state index is 13.9. The zero-order valence-corrected chi connectivity index (χ0v) is 21.6. The highest BCUT2D eigenvalue weighted by Crippen LogP contribution is 2.42. The van der Waals surface area contributed by atoms with E-state index in [4.69, 9.17) is 4.74 Å². The molecular formula is C23H30F3N3O3S2. The first-order valence-electron chi connectivity index (χ1n) is 10.9. The van der Waals surface area contributed by atoms with Crippen molar-refractivity contribution in [2.24, 2.45) is 0 Å². The number of nitrogens with one attached hydrogen (secondary N) is 1. The second kappa shape index (κ2) is 10.0. The Morgan fingerprint density at radius 2 is 1.91 bits per heavy atom. The molecular weight excluding hydrogens is 487 g/mol. The number of carbonyl (C=O) groups is 1. The van der Waals surface area contributed by atoms with E-state index in [1.54, 1.807) is 18.3 Å². The molecule has 4 unspecified atom stereocenters. The normalized spacial score (nSPS) is 22.2. The fourth-order valence-electron chi connectivity index (χ4n) is 3.80. The van der Waals surface area contributed by atoms with Gasteiger partial charge in [-0.05, 0) is 52.7 Å². The van der Waals surface area contributed by atoms with E-state index in [2.05, 4.69) is 9.71 Å². The van der Waals surface area contributed by atoms with E-state index in [1.165, 1.54) is 25.2 Å². The summed E-state index contributed by atoms with van der Waals surface area (Å²) in [5.74, 6) is -1.45. The van der Waals surface area contributed by atoms with Crippen LogP contribution in [0.15, 0.2) is 30.5 Å². The third-order valence-electron chi connectivity index (χ3n) is 5.52. The van der Waals surface area contributed by atoms with Crippen LogP contribution in [0.2, 0.25) is 0 Å². The van der Waals surface area contributed by atoms with Crippen LogP contribution < -0.4 is 4.72 Å². The summed E-state index contributed by atoms with van der Waals surface area (Å²) in [7, 11) is -1.23. The number of benzene rings is 1. The van der Waals surface area contributed by atoms with Gasteiger partial charge in [-0.25, -0.2) is 18.3 Å². The van der Waals surface area contributed by atoms with E-state index >= 15 is 0 Å². The summed E-state index contributed by atoms with van der Waals surface area (Å²) >= 11 is 1.46. The largest absolute Gasteiger partial charge is 0.346 e. The van der Waals surface area contributed by atoms with Gasteiger partial charge in [0.25, 0.3) is 5.91 Å². The molecule has 1 amide bonds. The van der Waals surface area contributed by atoms with Gasteiger partial charge in [0, 0.05) is 6.20 Å². The Balaban J connectivity index is 1.78. The minimum absolute atomic E-state index is 0.198. The van der Waals surface area contributed by atoms with E-state index in [0.717, 1.165) is 20.3 Å². The molecule has 6 nitrogen and oxygen atoms in total. The Morgan fingerprint density at radius 1 is 1.29 bits per heavy atom. The molecule has 0 aliphatic carbocycles. The van der Waals surface area contributed by atoms with Crippen LogP contribution in [0.1, 0.15) is 64.3 Å². The number of halogens is 3. The minimum atomic E-state index is -3.24. The summed E-state index contributed by atoms with van der Waals surface area (Å²) in [5, 5.41) is 0.788. The smallest absolute Gasteiger partial charge is 0.315 e. The summed E-state index contributed by atoms with van der Waals surface area (Å²) in [6.07, 6.45) is -2.38. The quantitative estimate of drug-likeness (QED) is 0.551. The monoisotopic (exact) mass is 517 g/mol. The molecule has 1 saturated heterocycles. The van der Waals surface area contributed by atoms with Crippen LogP contribution in [0.3, 0.4) is 0 Å². The third-order valence-corrected chi connectivity index (χ3v) is 8.43. The van der Waals surface area contributed by atoms with Crippen LogP contribution in [0.5, 0.6) is 0 Å². The summed E-state index contributed by atoms with van der Waals surface area (Å²) in [6.45, 7) is 9.52. The highest BCUT2D eigenvalue weighted by Gasteiger charge is 2.52. The molecule has 0 saturated carbocycles. The number of hydrogen-bond acceptors (Lipinski definition) is 5. The van der Waals surface area contributed by atoms with Crippen LogP contribution in [0.25, 0.3) is 10.4 Å². The first-order chi connectivity index (χ1) is 15.8. The van der Waals surface area contributed by atoms with E-state index in [0.29, 0.717) is 5.56 Å². The molecule has 1 aliphatic rings. The number of nitrogens with zero attached hydrogens (tertiary/aromatic N) is 2. The fourth-order valence-corrected chi connectivity index (χ4v) is 5.59. The average molecular weight is 518 g/mol. The van der Waals surface area contributed by atoms with Gasteiger partial charge in [0.2, 0.25) is 0 Å². The Bertz CT molecular complexity index is 1040. The Hall–Kier alpha value is -1.82. The van der Waals surface area contributed by atoms with Gasteiger partial charge in [0.1, 0.15) is 23.5 Å². The van der Waals surface area contributed by atoms with Crippen molar-refractivity contribution in [3.05, 3.63) is 41.0 Å². The van der Waals surface area contributed by atoms with Gasteiger partial charge in [-0.2, -0.15) is 8.78 Å². The molecule has 2 heterocycles. The fraction of sp³-hybridized carbons (Fsp3) is 0.565. The number of hydrogen-bond donors (Lipinski definition) is 1. The number of ether oxygens (including phenoxy) is 1. The Morgan fingerprint density at radius 3 is 2.44 bits per heavy atom. The maximum Gasteiger partial charge on any atom is 0.315 e. The molecule has 34 heavy (non-hydrogen) atoms. The molecule has 188 valence electrons. The molecule has 0 radical (unpaired) electrons. The summed E-state index contributed by atoms with van der Waals surface area (Å²) in [6, 6.07) is 5.78. The lowest BCUT2D eigenvalue weighted by Gasteiger charge is -2.32. The molecule has 0 spiro atoms. The second-order valence-electron chi connectivity index (χ2n) is 9.62. The lowest BCUT2D eigenvalue weighted by Crippen LogP contribution is -2.51. The van der Waals surface area contributed by atoms with E-state index in [9.17, 15) is 22.2 Å². The number of carbonyl (C=O) groups excluding carboxylic acids is 1. The standard InChI is InChI=1S/C23H30F3N3O3S2/c1-13(28-34(31)22(2,3)4)20-27-12-17(33-20)14-7-9-15(10-8-14)18-16(11-24)29(21(30)19(25)26)23(5,6)32-18/h7-10,12-13,16,18-19,28H,11H2,1-6H3. The van der Waals surface area contributed by atoms with Crippen LogP contribution in [-0.4, -0.2) is 49.6 Å². The zero-order chi connectivity index (χ0) is 25.4. The van der Waals surface area contributed by atoms with Gasteiger partial charge in [0.05, 0.1) is 32.7 Å². The third kappa shape index (κ3) is 5.53. The van der Waals surface area contributed by atoms with Crippen LogP contribution in [0, 0.1) is 0 Å². The van der Waals surface area contributed by atoms with Crippen molar-refractivity contribution in [2.45, 2.75) is 76.6 Å². The van der Waals surface area contributed by atoms with Gasteiger partial charge in [-0.15, -0.1) is 11.3 Å². The maximum absolute atomic E-state index is 13.9. The second-order valence-corrected chi connectivity index (χ2v) is 12.7. The molecule has 4 atom stereocenters. The number of rotatable bonds is 7. The molecule has 0 bridgehead atoms. The van der Waals surface area contributed by atoms with Crippen molar-refractivity contribution >= 4 is 28.2 Å². The van der Waals surface area contributed by atoms with Crippen LogP contribution in [0.4, 0.5) is 13.2 Å². The minimum Gasteiger partial charge on any atom is -0.346 e. The zero-order valence-electron chi connectivity index (χ0n) is 20.0. The number of thiazole rings is 1. The Labute approximate surface area is 204 Å². The lowest BCUT2D eigenvalue weighted by atomic mass is 10.0. The van der Waals surface area contributed by atoms with E-state index in [-0.39, 0.29) is 6.04 Å². The molecule has 2 aromatic rings. The Kier molecular flexibility index (Phi) is 7.91.